The lowest BCUT2D eigenvalue weighted by molar-refractivity contribution is 0.132. The molecule has 0 spiro atoms. The lowest BCUT2D eigenvalue weighted by Crippen LogP contribution is -2.17. The lowest BCUT2D eigenvalue weighted by atomic mass is 9.90. The Morgan fingerprint density at radius 3 is 2.75 bits per heavy atom. The molecule has 0 aliphatic heterocycles. The van der Waals surface area contributed by atoms with Crippen LogP contribution in [0.15, 0.2) is 0 Å². The van der Waals surface area contributed by atoms with E-state index in [9.17, 15) is 4.79 Å². The monoisotopic (exact) mass is 188 g/mol. The maximum absolute atomic E-state index is 10.3. The molecule has 3 atom stereocenters. The van der Waals surface area contributed by atoms with E-state index in [1.807, 2.05) is 0 Å². The predicted octanol–water partition coefficient (Wildman–Crippen LogP) is 2.80. The van der Waals surface area contributed by atoms with Gasteiger partial charge in [-0.25, -0.2) is 4.79 Å². The van der Waals surface area contributed by atoms with Crippen LogP contribution in [0, 0.1) is 17.8 Å². The number of carbonyl (C=O) groups excluding carboxylic acids is 1. The summed E-state index contributed by atoms with van der Waals surface area (Å²) in [7, 11) is 0. The molecule has 2 aliphatic rings. The van der Waals surface area contributed by atoms with Crippen LogP contribution in [-0.2, 0) is 4.74 Å². The first-order chi connectivity index (χ1) is 5.75. The van der Waals surface area contributed by atoms with Gasteiger partial charge in [-0.2, -0.15) is 0 Å². The third-order valence-electron chi connectivity index (χ3n) is 3.30. The van der Waals surface area contributed by atoms with E-state index >= 15 is 0 Å². The van der Waals surface area contributed by atoms with E-state index in [-0.39, 0.29) is 0 Å². The van der Waals surface area contributed by atoms with Gasteiger partial charge in [0.05, 0.1) is 6.61 Å². The van der Waals surface area contributed by atoms with Crippen molar-refractivity contribution in [3.63, 3.8) is 0 Å². The van der Waals surface area contributed by atoms with E-state index in [2.05, 4.69) is 0 Å². The van der Waals surface area contributed by atoms with Gasteiger partial charge in [0, 0.05) is 11.6 Å². The number of rotatable bonds is 2. The molecule has 0 unspecified atom stereocenters. The van der Waals surface area contributed by atoms with Crippen molar-refractivity contribution in [3.05, 3.63) is 0 Å². The van der Waals surface area contributed by atoms with Crippen LogP contribution in [0.4, 0.5) is 4.79 Å². The molecule has 2 aliphatic carbocycles. The summed E-state index contributed by atoms with van der Waals surface area (Å²) in [6.07, 6.45) is 5.31. The van der Waals surface area contributed by atoms with E-state index in [0.717, 1.165) is 11.8 Å². The molecule has 0 amide bonds. The van der Waals surface area contributed by atoms with Crippen LogP contribution in [0.3, 0.4) is 0 Å². The zero-order chi connectivity index (χ0) is 8.55. The fraction of sp³-hybridized carbons (Fsp3) is 0.889. The highest BCUT2D eigenvalue weighted by molar-refractivity contribution is 6.61. The fourth-order valence-corrected chi connectivity index (χ4v) is 2.82. The standard InChI is InChI=1S/C9H13ClO2/c10-9(11)12-5-8-4-6-1-2-7(8)3-6/h6-8H,1-5H2/t6-,7-,8+/m0/s1. The van der Waals surface area contributed by atoms with Gasteiger partial charge in [0.1, 0.15) is 0 Å². The number of fused-ring (bicyclic) bond motifs is 2. The van der Waals surface area contributed by atoms with Crippen LogP contribution in [0.25, 0.3) is 0 Å². The van der Waals surface area contributed by atoms with Crippen molar-refractivity contribution in [1.29, 1.82) is 0 Å². The van der Waals surface area contributed by atoms with Crippen LogP contribution in [0.5, 0.6) is 0 Å². The third kappa shape index (κ3) is 1.58. The second kappa shape index (κ2) is 3.25. The Labute approximate surface area is 77.2 Å². The molecule has 2 bridgehead atoms. The fourth-order valence-electron chi connectivity index (χ4n) is 2.75. The Morgan fingerprint density at radius 2 is 2.25 bits per heavy atom. The largest absolute Gasteiger partial charge is 0.453 e. The van der Waals surface area contributed by atoms with E-state index in [1.165, 1.54) is 25.7 Å². The molecule has 0 N–H and O–H groups in total. The molecule has 68 valence electrons. The highest BCUT2D eigenvalue weighted by Crippen LogP contribution is 2.48. The molecule has 3 heteroatoms. The van der Waals surface area contributed by atoms with Gasteiger partial charge < -0.3 is 4.74 Å². The van der Waals surface area contributed by atoms with Gasteiger partial charge in [-0.1, -0.05) is 6.42 Å². The van der Waals surface area contributed by atoms with Gasteiger partial charge in [-0.05, 0) is 37.0 Å². The second-order valence-electron chi connectivity index (χ2n) is 3.98. The van der Waals surface area contributed by atoms with E-state index in [0.29, 0.717) is 12.5 Å². The maximum atomic E-state index is 10.3. The van der Waals surface area contributed by atoms with E-state index < -0.39 is 5.43 Å². The molecule has 2 nitrogen and oxygen atoms in total. The maximum Gasteiger partial charge on any atom is 0.403 e. The van der Waals surface area contributed by atoms with Crippen molar-refractivity contribution in [2.45, 2.75) is 25.7 Å². The third-order valence-corrected chi connectivity index (χ3v) is 3.40. The zero-order valence-corrected chi connectivity index (χ0v) is 7.72. The van der Waals surface area contributed by atoms with Crippen molar-refractivity contribution < 1.29 is 9.53 Å². The summed E-state index contributed by atoms with van der Waals surface area (Å²) in [5.74, 6) is 2.33. The molecule has 2 saturated carbocycles. The molecule has 2 fully saturated rings. The second-order valence-corrected chi connectivity index (χ2v) is 4.29. The van der Waals surface area contributed by atoms with Crippen LogP contribution in [-0.4, -0.2) is 12.0 Å². The van der Waals surface area contributed by atoms with Gasteiger partial charge in [0.25, 0.3) is 0 Å². The van der Waals surface area contributed by atoms with Gasteiger partial charge >= 0.3 is 5.43 Å². The lowest BCUT2D eigenvalue weighted by Gasteiger charge is -2.20. The molecule has 2 rings (SSSR count). The van der Waals surface area contributed by atoms with E-state index in [4.69, 9.17) is 16.3 Å². The molecule has 0 radical (unpaired) electrons. The summed E-state index contributed by atoms with van der Waals surface area (Å²) in [4.78, 5) is 10.3. The molecule has 0 aromatic rings. The molecular weight excluding hydrogens is 176 g/mol. The topological polar surface area (TPSA) is 26.3 Å². The van der Waals surface area contributed by atoms with Crippen LogP contribution >= 0.6 is 11.6 Å². The normalized spacial score (nSPS) is 38.6. The summed E-state index contributed by atoms with van der Waals surface area (Å²) in [6.45, 7) is 0.545. The highest BCUT2D eigenvalue weighted by Gasteiger charge is 2.39. The van der Waals surface area contributed by atoms with Crippen molar-refractivity contribution in [1.82, 2.24) is 0 Å². The molecule has 0 aromatic carbocycles. The van der Waals surface area contributed by atoms with Gasteiger partial charge in [0.15, 0.2) is 0 Å². The summed E-state index contributed by atoms with van der Waals surface area (Å²) in [6, 6.07) is 0. The smallest absolute Gasteiger partial charge is 0.403 e. The predicted molar refractivity (Wildman–Crippen MR) is 46.1 cm³/mol. The van der Waals surface area contributed by atoms with Crippen molar-refractivity contribution in [2.24, 2.45) is 17.8 Å². The number of hydrogen-bond donors (Lipinski definition) is 0. The number of ether oxygens (including phenoxy) is 1. The Balaban J connectivity index is 1.79. The Hall–Kier alpha value is -0.240. The SMILES string of the molecule is O=C(Cl)OC[C@H]1C[C@H]2CC[C@H]1C2. The summed E-state index contributed by atoms with van der Waals surface area (Å²) >= 11 is 5.10. The zero-order valence-electron chi connectivity index (χ0n) is 6.96. The molecule has 0 saturated heterocycles. The molecule has 12 heavy (non-hydrogen) atoms. The average molecular weight is 189 g/mol. The number of carbonyl (C=O) groups is 1. The van der Waals surface area contributed by atoms with Crippen molar-refractivity contribution >= 4 is 17.0 Å². The summed E-state index contributed by atoms with van der Waals surface area (Å²) in [5.41, 5.74) is -0.655. The summed E-state index contributed by atoms with van der Waals surface area (Å²) < 4.78 is 4.80. The van der Waals surface area contributed by atoms with Gasteiger partial charge in [-0.3, -0.25) is 0 Å². The first-order valence-electron chi connectivity index (χ1n) is 4.58. The van der Waals surface area contributed by atoms with Crippen LogP contribution in [0.1, 0.15) is 25.7 Å². The minimum Gasteiger partial charge on any atom is -0.453 e. The minimum atomic E-state index is -0.655. The Bertz CT molecular complexity index is 193. The number of hydrogen-bond acceptors (Lipinski definition) is 2. The number of halogens is 1. The highest BCUT2D eigenvalue weighted by atomic mass is 35.5. The Kier molecular flexibility index (Phi) is 2.26. The first-order valence-corrected chi connectivity index (χ1v) is 4.95. The molecule has 0 heterocycles. The minimum absolute atomic E-state index is 0.545. The molecule has 0 aromatic heterocycles. The first kappa shape index (κ1) is 8.36. The van der Waals surface area contributed by atoms with Gasteiger partial charge in [0.2, 0.25) is 0 Å². The Morgan fingerprint density at radius 1 is 1.42 bits per heavy atom. The average Bonchev–Trinajstić information content (AvgIpc) is 2.60. The van der Waals surface area contributed by atoms with E-state index in [1.54, 1.807) is 0 Å². The van der Waals surface area contributed by atoms with Crippen molar-refractivity contribution in [2.75, 3.05) is 6.61 Å². The summed E-state index contributed by atoms with van der Waals surface area (Å²) in [5, 5.41) is 0. The van der Waals surface area contributed by atoms with Crippen molar-refractivity contribution in [3.8, 4) is 0 Å². The quantitative estimate of drug-likeness (QED) is 0.623. The molecular formula is C9H13ClO2. The van der Waals surface area contributed by atoms with Crippen LogP contribution in [0.2, 0.25) is 0 Å². The van der Waals surface area contributed by atoms with Crippen LogP contribution < -0.4 is 0 Å². The van der Waals surface area contributed by atoms with Gasteiger partial charge in [-0.15, -0.1) is 0 Å².